The lowest BCUT2D eigenvalue weighted by Crippen LogP contribution is -2.54. The Morgan fingerprint density at radius 3 is 2.10 bits per heavy atom. The molecule has 2 fully saturated rings. The smallest absolute Gasteiger partial charge is 0.0327 e. The second-order valence-electron chi connectivity index (χ2n) is 7.92. The SMILES string of the molecule is CC(C)C1CCC(NCC2(N(C)C)CCCCC2)CC1. The lowest BCUT2D eigenvalue weighted by atomic mass is 9.78. The molecule has 20 heavy (non-hydrogen) atoms. The fourth-order valence-corrected chi connectivity index (χ4v) is 4.32. The molecule has 0 amide bonds. The quantitative estimate of drug-likeness (QED) is 0.817. The van der Waals surface area contributed by atoms with Gasteiger partial charge in [0.15, 0.2) is 0 Å². The van der Waals surface area contributed by atoms with Gasteiger partial charge in [0.05, 0.1) is 0 Å². The molecule has 2 rings (SSSR count). The second kappa shape index (κ2) is 7.26. The molecular weight excluding hydrogens is 244 g/mol. The minimum atomic E-state index is 0.438. The molecule has 2 nitrogen and oxygen atoms in total. The first kappa shape index (κ1) is 16.3. The molecule has 2 aliphatic rings. The van der Waals surface area contributed by atoms with Crippen LogP contribution < -0.4 is 5.32 Å². The van der Waals surface area contributed by atoms with Gasteiger partial charge >= 0.3 is 0 Å². The molecule has 0 aromatic carbocycles. The monoisotopic (exact) mass is 280 g/mol. The van der Waals surface area contributed by atoms with Crippen LogP contribution in [-0.4, -0.2) is 37.1 Å². The molecular formula is C18H36N2. The third kappa shape index (κ3) is 3.98. The highest BCUT2D eigenvalue weighted by molar-refractivity contribution is 4.94. The Hall–Kier alpha value is -0.0800. The molecule has 2 heteroatoms. The molecule has 0 aromatic rings. The Balaban J connectivity index is 1.79. The van der Waals surface area contributed by atoms with Crippen molar-refractivity contribution in [3.8, 4) is 0 Å². The van der Waals surface area contributed by atoms with Gasteiger partial charge in [0, 0.05) is 18.1 Å². The minimum absolute atomic E-state index is 0.438. The predicted octanol–water partition coefficient (Wildman–Crippen LogP) is 4.06. The molecule has 0 radical (unpaired) electrons. The topological polar surface area (TPSA) is 15.3 Å². The van der Waals surface area contributed by atoms with Crippen molar-refractivity contribution < 1.29 is 0 Å². The van der Waals surface area contributed by atoms with Gasteiger partial charge in [-0.1, -0.05) is 33.1 Å². The van der Waals surface area contributed by atoms with Crippen molar-refractivity contribution >= 4 is 0 Å². The maximum Gasteiger partial charge on any atom is 0.0327 e. The first-order chi connectivity index (χ1) is 9.53. The van der Waals surface area contributed by atoms with Crippen LogP contribution in [0.2, 0.25) is 0 Å². The summed E-state index contributed by atoms with van der Waals surface area (Å²) in [6, 6.07) is 0.781. The Labute approximate surface area is 126 Å². The second-order valence-corrected chi connectivity index (χ2v) is 7.92. The van der Waals surface area contributed by atoms with Crippen LogP contribution in [0.1, 0.15) is 71.6 Å². The van der Waals surface area contributed by atoms with Gasteiger partial charge in [0.2, 0.25) is 0 Å². The van der Waals surface area contributed by atoms with Crippen molar-refractivity contribution in [1.82, 2.24) is 10.2 Å². The Kier molecular flexibility index (Phi) is 5.92. The number of hydrogen-bond acceptors (Lipinski definition) is 2. The number of nitrogens with one attached hydrogen (secondary N) is 1. The molecule has 0 unspecified atom stereocenters. The van der Waals surface area contributed by atoms with E-state index in [9.17, 15) is 0 Å². The van der Waals surface area contributed by atoms with Gasteiger partial charge in [0.25, 0.3) is 0 Å². The van der Waals surface area contributed by atoms with E-state index >= 15 is 0 Å². The lowest BCUT2D eigenvalue weighted by molar-refractivity contribution is 0.0908. The molecule has 1 N–H and O–H groups in total. The van der Waals surface area contributed by atoms with Crippen LogP contribution in [0.15, 0.2) is 0 Å². The molecule has 0 aliphatic heterocycles. The van der Waals surface area contributed by atoms with Crippen LogP contribution in [0.4, 0.5) is 0 Å². The van der Waals surface area contributed by atoms with E-state index in [2.05, 4.69) is 38.2 Å². The molecule has 0 heterocycles. The van der Waals surface area contributed by atoms with Crippen molar-refractivity contribution in [2.24, 2.45) is 11.8 Å². The van der Waals surface area contributed by atoms with E-state index in [1.165, 1.54) is 64.3 Å². The first-order valence-electron chi connectivity index (χ1n) is 8.94. The van der Waals surface area contributed by atoms with Crippen molar-refractivity contribution in [3.05, 3.63) is 0 Å². The molecule has 0 atom stereocenters. The first-order valence-corrected chi connectivity index (χ1v) is 8.94. The van der Waals surface area contributed by atoms with Gasteiger partial charge in [-0.2, -0.15) is 0 Å². The van der Waals surface area contributed by atoms with Crippen LogP contribution in [-0.2, 0) is 0 Å². The number of rotatable bonds is 5. The van der Waals surface area contributed by atoms with Crippen LogP contribution >= 0.6 is 0 Å². The van der Waals surface area contributed by atoms with Gasteiger partial charge in [0.1, 0.15) is 0 Å². The van der Waals surface area contributed by atoms with E-state index in [1.807, 2.05) is 0 Å². The average Bonchev–Trinajstić information content (AvgIpc) is 2.46. The molecule has 0 bridgehead atoms. The molecule has 118 valence electrons. The van der Waals surface area contributed by atoms with Crippen LogP contribution in [0.5, 0.6) is 0 Å². The lowest BCUT2D eigenvalue weighted by Gasteiger charge is -2.44. The van der Waals surface area contributed by atoms with E-state index in [1.54, 1.807) is 0 Å². The van der Waals surface area contributed by atoms with E-state index in [4.69, 9.17) is 0 Å². The van der Waals surface area contributed by atoms with Crippen LogP contribution in [0.3, 0.4) is 0 Å². The number of hydrogen-bond donors (Lipinski definition) is 1. The summed E-state index contributed by atoms with van der Waals surface area (Å²) in [6.45, 7) is 5.99. The largest absolute Gasteiger partial charge is 0.312 e. The highest BCUT2D eigenvalue weighted by Crippen LogP contribution is 2.33. The summed E-state index contributed by atoms with van der Waals surface area (Å²) in [7, 11) is 4.56. The highest BCUT2D eigenvalue weighted by atomic mass is 15.2. The highest BCUT2D eigenvalue weighted by Gasteiger charge is 2.34. The molecule has 0 saturated heterocycles. The summed E-state index contributed by atoms with van der Waals surface area (Å²) in [5, 5.41) is 3.93. The van der Waals surface area contributed by atoms with Crippen LogP contribution in [0, 0.1) is 11.8 Å². The predicted molar refractivity (Wildman–Crippen MR) is 88.1 cm³/mol. The van der Waals surface area contributed by atoms with Gasteiger partial charge < -0.3 is 10.2 Å². The minimum Gasteiger partial charge on any atom is -0.312 e. The van der Waals surface area contributed by atoms with E-state index in [-0.39, 0.29) is 0 Å². The van der Waals surface area contributed by atoms with Gasteiger partial charge in [-0.05, 0) is 64.5 Å². The normalized spacial score (nSPS) is 30.9. The van der Waals surface area contributed by atoms with E-state index in [0.717, 1.165) is 17.9 Å². The number of nitrogens with zero attached hydrogens (tertiary/aromatic N) is 1. The fraction of sp³-hybridized carbons (Fsp3) is 1.00. The van der Waals surface area contributed by atoms with Crippen molar-refractivity contribution in [1.29, 1.82) is 0 Å². The van der Waals surface area contributed by atoms with Crippen molar-refractivity contribution in [2.45, 2.75) is 83.2 Å². The Morgan fingerprint density at radius 1 is 1.00 bits per heavy atom. The summed E-state index contributed by atoms with van der Waals surface area (Å²) < 4.78 is 0. The molecule has 2 saturated carbocycles. The van der Waals surface area contributed by atoms with Crippen molar-refractivity contribution in [3.63, 3.8) is 0 Å². The summed E-state index contributed by atoms with van der Waals surface area (Å²) in [5.41, 5.74) is 0.438. The Bertz CT molecular complexity index is 271. The third-order valence-electron chi connectivity index (χ3n) is 6.17. The van der Waals surface area contributed by atoms with Gasteiger partial charge in [-0.15, -0.1) is 0 Å². The van der Waals surface area contributed by atoms with Crippen LogP contribution in [0.25, 0.3) is 0 Å². The molecule has 0 spiro atoms. The zero-order valence-electron chi connectivity index (χ0n) is 14.3. The maximum absolute atomic E-state index is 3.93. The number of likely N-dealkylation sites (N-methyl/N-ethyl adjacent to an activating group) is 1. The summed E-state index contributed by atoms with van der Waals surface area (Å²) in [6.07, 6.45) is 12.7. The van der Waals surface area contributed by atoms with E-state index < -0.39 is 0 Å². The zero-order chi connectivity index (χ0) is 14.6. The Morgan fingerprint density at radius 2 is 1.60 bits per heavy atom. The standard InChI is InChI=1S/C18H36N2/c1-15(2)16-8-10-17(11-9-16)19-14-18(20(3)4)12-6-5-7-13-18/h15-17,19H,5-14H2,1-4H3. The maximum atomic E-state index is 3.93. The summed E-state index contributed by atoms with van der Waals surface area (Å²) in [4.78, 5) is 2.50. The van der Waals surface area contributed by atoms with Gasteiger partial charge in [-0.3, -0.25) is 0 Å². The molecule has 2 aliphatic carbocycles. The average molecular weight is 280 g/mol. The third-order valence-corrected chi connectivity index (χ3v) is 6.17. The van der Waals surface area contributed by atoms with Gasteiger partial charge in [-0.25, -0.2) is 0 Å². The zero-order valence-corrected chi connectivity index (χ0v) is 14.3. The molecule has 0 aromatic heterocycles. The summed E-state index contributed by atoms with van der Waals surface area (Å²) in [5.74, 6) is 1.85. The van der Waals surface area contributed by atoms with E-state index in [0.29, 0.717) is 5.54 Å². The fourth-order valence-electron chi connectivity index (χ4n) is 4.32. The van der Waals surface area contributed by atoms with Crippen molar-refractivity contribution in [2.75, 3.05) is 20.6 Å². The summed E-state index contributed by atoms with van der Waals surface area (Å²) >= 11 is 0.